The van der Waals surface area contributed by atoms with Crippen LogP contribution in [0.15, 0.2) is 66.7 Å². The summed E-state index contributed by atoms with van der Waals surface area (Å²) in [5.74, 6) is 1.52. The number of rotatable bonds is 8. The molecule has 0 bridgehead atoms. The monoisotopic (exact) mass is 470 g/mol. The maximum absolute atomic E-state index is 13.8. The van der Waals surface area contributed by atoms with Gasteiger partial charge in [-0.05, 0) is 43.7 Å². The largest absolute Gasteiger partial charge is 0.493 e. The summed E-state index contributed by atoms with van der Waals surface area (Å²) < 4.78 is 16.5. The van der Waals surface area contributed by atoms with Crippen molar-refractivity contribution in [1.29, 1.82) is 0 Å². The van der Waals surface area contributed by atoms with Gasteiger partial charge in [0.05, 0.1) is 38.1 Å². The summed E-state index contributed by atoms with van der Waals surface area (Å²) in [6.45, 7) is 5.17. The number of benzene rings is 3. The maximum Gasteiger partial charge on any atom is 0.254 e. The fourth-order valence-corrected chi connectivity index (χ4v) is 4.14. The number of aromatic nitrogens is 1. The van der Waals surface area contributed by atoms with Gasteiger partial charge in [-0.2, -0.15) is 0 Å². The number of hydrogen-bond acceptors (Lipinski definition) is 5. The summed E-state index contributed by atoms with van der Waals surface area (Å²) in [4.78, 5) is 20.5. The third-order valence-electron chi connectivity index (χ3n) is 6.07. The van der Waals surface area contributed by atoms with Gasteiger partial charge in [0.2, 0.25) is 5.75 Å². The van der Waals surface area contributed by atoms with Crippen LogP contribution in [0.3, 0.4) is 0 Å². The molecule has 0 radical (unpaired) electrons. The quantitative estimate of drug-likeness (QED) is 0.321. The van der Waals surface area contributed by atoms with Gasteiger partial charge < -0.3 is 19.1 Å². The zero-order valence-corrected chi connectivity index (χ0v) is 20.8. The molecule has 180 valence electrons. The molecule has 1 aromatic heterocycles. The third kappa shape index (κ3) is 4.92. The van der Waals surface area contributed by atoms with Gasteiger partial charge >= 0.3 is 0 Å². The van der Waals surface area contributed by atoms with Crippen LogP contribution in [0.1, 0.15) is 28.4 Å². The van der Waals surface area contributed by atoms with Crippen LogP contribution < -0.4 is 14.2 Å². The molecule has 0 atom stereocenters. The molecule has 0 saturated heterocycles. The fraction of sp³-hybridized carbons (Fsp3) is 0.241. The molecule has 0 unspecified atom stereocenters. The summed E-state index contributed by atoms with van der Waals surface area (Å²) >= 11 is 0. The van der Waals surface area contributed by atoms with Gasteiger partial charge in [-0.1, -0.05) is 48.0 Å². The molecule has 0 N–H and O–H groups in total. The molecule has 1 heterocycles. The molecule has 0 spiro atoms. The zero-order valence-electron chi connectivity index (χ0n) is 20.8. The highest BCUT2D eigenvalue weighted by Gasteiger charge is 2.21. The second-order valence-electron chi connectivity index (χ2n) is 8.29. The lowest BCUT2D eigenvalue weighted by Gasteiger charge is -2.22. The predicted octanol–water partition coefficient (Wildman–Crippen LogP) is 5.90. The number of hydrogen-bond donors (Lipinski definition) is 0. The molecule has 0 aliphatic heterocycles. The second kappa shape index (κ2) is 10.5. The van der Waals surface area contributed by atoms with Crippen molar-refractivity contribution < 1.29 is 19.0 Å². The van der Waals surface area contributed by atoms with Crippen LogP contribution in [0, 0.1) is 6.92 Å². The number of aryl methyl sites for hydroxylation is 1. The van der Waals surface area contributed by atoms with Crippen LogP contribution >= 0.6 is 0 Å². The van der Waals surface area contributed by atoms with Crippen LogP contribution in [0.5, 0.6) is 17.2 Å². The van der Waals surface area contributed by atoms with Crippen molar-refractivity contribution in [2.75, 3.05) is 27.9 Å². The zero-order chi connectivity index (χ0) is 24.9. The lowest BCUT2D eigenvalue weighted by atomic mass is 10.0. The van der Waals surface area contributed by atoms with Gasteiger partial charge in [0, 0.05) is 24.0 Å². The maximum atomic E-state index is 13.8. The van der Waals surface area contributed by atoms with E-state index in [0.29, 0.717) is 41.6 Å². The number of fused-ring (bicyclic) bond motifs is 1. The Morgan fingerprint density at radius 1 is 0.886 bits per heavy atom. The summed E-state index contributed by atoms with van der Waals surface area (Å²) in [7, 11) is 4.72. The minimum atomic E-state index is -0.0413. The Bertz CT molecular complexity index is 1320. The van der Waals surface area contributed by atoms with E-state index < -0.39 is 0 Å². The highest BCUT2D eigenvalue weighted by molar-refractivity contribution is 6.07. The van der Waals surface area contributed by atoms with Crippen LogP contribution in [-0.4, -0.2) is 43.7 Å². The number of methoxy groups -OCH3 is 3. The lowest BCUT2D eigenvalue weighted by Crippen LogP contribution is -2.30. The van der Waals surface area contributed by atoms with E-state index in [2.05, 4.69) is 31.2 Å². The lowest BCUT2D eigenvalue weighted by molar-refractivity contribution is 0.0754. The van der Waals surface area contributed by atoms with E-state index in [4.69, 9.17) is 19.2 Å². The first-order valence-electron chi connectivity index (χ1n) is 11.5. The molecule has 0 aliphatic carbocycles. The minimum Gasteiger partial charge on any atom is -0.493 e. The summed E-state index contributed by atoms with van der Waals surface area (Å²) in [5, 5.41) is 0.816. The SMILES string of the molecule is CCN(Cc1ccc(C)cc1)C(=O)c1cc(-c2cc(OC)c(OC)c(OC)c2)nc2ccccc12. The average Bonchev–Trinajstić information content (AvgIpc) is 2.90. The Hall–Kier alpha value is -4.06. The van der Waals surface area contributed by atoms with E-state index >= 15 is 0 Å². The van der Waals surface area contributed by atoms with Gasteiger partial charge in [0.15, 0.2) is 11.5 Å². The van der Waals surface area contributed by atoms with E-state index in [1.165, 1.54) is 5.56 Å². The number of ether oxygens (including phenoxy) is 3. The number of amides is 1. The van der Waals surface area contributed by atoms with Gasteiger partial charge in [-0.25, -0.2) is 4.98 Å². The molecule has 6 nitrogen and oxygen atoms in total. The standard InChI is InChI=1S/C29H30N2O4/c1-6-31(18-20-13-11-19(2)12-14-20)29(32)23-17-25(30-24-10-8-7-9-22(23)24)21-15-26(33-3)28(35-5)27(16-21)34-4/h7-17H,6,18H2,1-5H3. The van der Waals surface area contributed by atoms with Crippen molar-refractivity contribution in [3.05, 3.63) is 83.4 Å². The number of para-hydroxylation sites is 1. The first-order chi connectivity index (χ1) is 17.0. The van der Waals surface area contributed by atoms with E-state index in [1.54, 1.807) is 21.3 Å². The molecule has 4 aromatic rings. The smallest absolute Gasteiger partial charge is 0.254 e. The Morgan fingerprint density at radius 3 is 2.14 bits per heavy atom. The van der Waals surface area contributed by atoms with E-state index in [1.807, 2.05) is 54.3 Å². The Morgan fingerprint density at radius 2 is 1.54 bits per heavy atom. The van der Waals surface area contributed by atoms with Crippen molar-refractivity contribution in [2.24, 2.45) is 0 Å². The van der Waals surface area contributed by atoms with Crippen LogP contribution in [-0.2, 0) is 6.54 Å². The van der Waals surface area contributed by atoms with Gasteiger partial charge in [-0.15, -0.1) is 0 Å². The van der Waals surface area contributed by atoms with Crippen LogP contribution in [0.4, 0.5) is 0 Å². The van der Waals surface area contributed by atoms with Gasteiger partial charge in [0.1, 0.15) is 0 Å². The topological polar surface area (TPSA) is 60.9 Å². The predicted molar refractivity (Wildman–Crippen MR) is 138 cm³/mol. The van der Waals surface area contributed by atoms with Gasteiger partial charge in [-0.3, -0.25) is 4.79 Å². The third-order valence-corrected chi connectivity index (χ3v) is 6.07. The van der Waals surface area contributed by atoms with Crippen molar-refractivity contribution >= 4 is 16.8 Å². The molecule has 3 aromatic carbocycles. The average molecular weight is 471 g/mol. The van der Waals surface area contributed by atoms with E-state index in [-0.39, 0.29) is 5.91 Å². The molecule has 4 rings (SSSR count). The number of nitrogens with zero attached hydrogens (tertiary/aromatic N) is 2. The van der Waals surface area contributed by atoms with Crippen molar-refractivity contribution in [1.82, 2.24) is 9.88 Å². The first-order valence-corrected chi connectivity index (χ1v) is 11.5. The van der Waals surface area contributed by atoms with Crippen LogP contribution in [0.25, 0.3) is 22.2 Å². The summed E-state index contributed by atoms with van der Waals surface area (Å²) in [5.41, 5.74) is 5.05. The fourth-order valence-electron chi connectivity index (χ4n) is 4.14. The molecule has 0 fully saturated rings. The van der Waals surface area contributed by atoms with Gasteiger partial charge in [0.25, 0.3) is 5.91 Å². The molecular formula is C29H30N2O4. The highest BCUT2D eigenvalue weighted by Crippen LogP contribution is 2.41. The molecule has 0 aliphatic rings. The Kier molecular flexibility index (Phi) is 7.20. The second-order valence-corrected chi connectivity index (χ2v) is 8.29. The van der Waals surface area contributed by atoms with E-state index in [9.17, 15) is 4.79 Å². The minimum absolute atomic E-state index is 0.0413. The van der Waals surface area contributed by atoms with Crippen molar-refractivity contribution in [2.45, 2.75) is 20.4 Å². The number of carbonyl (C=O) groups is 1. The molecule has 1 amide bonds. The van der Waals surface area contributed by atoms with Crippen LogP contribution in [0.2, 0.25) is 0 Å². The molecule has 35 heavy (non-hydrogen) atoms. The van der Waals surface area contributed by atoms with Crippen molar-refractivity contribution in [3.8, 4) is 28.5 Å². The Balaban J connectivity index is 1.82. The number of pyridine rings is 1. The molecule has 6 heteroatoms. The summed E-state index contributed by atoms with van der Waals surface area (Å²) in [6, 6.07) is 21.5. The number of carbonyl (C=O) groups excluding carboxylic acids is 1. The molecular weight excluding hydrogens is 440 g/mol. The molecule has 0 saturated carbocycles. The van der Waals surface area contributed by atoms with E-state index in [0.717, 1.165) is 22.0 Å². The summed E-state index contributed by atoms with van der Waals surface area (Å²) in [6.07, 6.45) is 0. The highest BCUT2D eigenvalue weighted by atomic mass is 16.5. The van der Waals surface area contributed by atoms with Crippen molar-refractivity contribution in [3.63, 3.8) is 0 Å². The first kappa shape index (κ1) is 24.1. The normalized spacial score (nSPS) is 10.8. The Labute approximate surface area is 206 Å².